The number of nitrogens with one attached hydrogen (secondary N) is 3. The summed E-state index contributed by atoms with van der Waals surface area (Å²) in [4.78, 5) is 43.6. The minimum absolute atomic E-state index is 0.0136. The van der Waals surface area contributed by atoms with E-state index < -0.39 is 0 Å². The number of likely N-dealkylation sites (tertiary alicyclic amines) is 1. The first kappa shape index (κ1) is 24.5. The molecule has 1 aliphatic heterocycles. The first-order chi connectivity index (χ1) is 15.8. The average Bonchev–Trinajstić information content (AvgIpc) is 3.30. The predicted molar refractivity (Wildman–Crippen MR) is 130 cm³/mol. The molecule has 1 saturated heterocycles. The van der Waals surface area contributed by atoms with Crippen molar-refractivity contribution in [3.63, 3.8) is 0 Å². The van der Waals surface area contributed by atoms with Crippen molar-refractivity contribution >= 4 is 46.3 Å². The number of aromatic nitrogens is 4. The van der Waals surface area contributed by atoms with Crippen LogP contribution in [0.5, 0.6) is 0 Å². The topological polar surface area (TPSA) is 119 Å². The molecule has 11 heteroatoms. The fourth-order valence-electron chi connectivity index (χ4n) is 3.55. The summed E-state index contributed by atoms with van der Waals surface area (Å²) in [6, 6.07) is 0.167. The lowest BCUT2D eigenvalue weighted by atomic mass is 10.1. The number of carbonyl (C=O) groups is 2. The smallest absolute Gasteiger partial charge is 0.237 e. The Labute approximate surface area is 198 Å². The molecule has 0 saturated carbocycles. The number of fused-ring (bicyclic) bond motifs is 1. The molecule has 3 rings (SSSR count). The number of rotatable bonds is 8. The van der Waals surface area contributed by atoms with Crippen molar-refractivity contribution in [1.29, 1.82) is 0 Å². The number of hydrogen-bond acceptors (Lipinski definition) is 7. The Hall–Kier alpha value is -3.14. The lowest BCUT2D eigenvalue weighted by molar-refractivity contribution is -0.129. The molecule has 178 valence electrons. The maximum atomic E-state index is 11.8. The highest BCUT2D eigenvalue weighted by molar-refractivity contribution is 6.27. The first-order valence-corrected chi connectivity index (χ1v) is 11.6. The second kappa shape index (κ2) is 11.1. The van der Waals surface area contributed by atoms with Gasteiger partial charge in [0.25, 0.3) is 0 Å². The van der Waals surface area contributed by atoms with Crippen LogP contribution in [0.15, 0.2) is 29.9 Å². The van der Waals surface area contributed by atoms with Crippen molar-refractivity contribution in [3.05, 3.63) is 29.9 Å². The van der Waals surface area contributed by atoms with Crippen LogP contribution in [0, 0.1) is 0 Å². The van der Waals surface area contributed by atoms with Gasteiger partial charge in [-0.1, -0.05) is 6.92 Å². The van der Waals surface area contributed by atoms with Gasteiger partial charge >= 0.3 is 0 Å². The standard InChI is InChI=1S/C22H31ClN8O2/c1-5-17(32)30(4)15(3)7-6-14(2)26-22-28-20-19(24-13-25-20)21(29-22)27-16-8-10-31(11-9-16)18(33)12-23/h6-7,13,16H,5,8-12H2,1-4H3,(H3,24,25,26,27,28,29)/b14-6+,15-7+. The van der Waals surface area contributed by atoms with Gasteiger partial charge in [0, 0.05) is 44.0 Å². The summed E-state index contributed by atoms with van der Waals surface area (Å²) in [6.45, 7) is 6.95. The number of allylic oxidation sites excluding steroid dienone is 4. The summed E-state index contributed by atoms with van der Waals surface area (Å²) >= 11 is 5.67. The number of H-pyrrole nitrogens is 1. The van der Waals surface area contributed by atoms with Gasteiger partial charge in [0.05, 0.1) is 6.33 Å². The van der Waals surface area contributed by atoms with Crippen molar-refractivity contribution in [2.75, 3.05) is 36.7 Å². The highest BCUT2D eigenvalue weighted by Gasteiger charge is 2.23. The van der Waals surface area contributed by atoms with E-state index in [1.807, 2.05) is 32.9 Å². The lowest BCUT2D eigenvalue weighted by Crippen LogP contribution is -2.43. The van der Waals surface area contributed by atoms with E-state index in [0.717, 1.165) is 24.2 Å². The SMILES string of the molecule is CCC(=O)N(C)/C(C)=C/C=C(\C)Nc1nc(NC2CCN(C(=O)CCl)CC2)c2nc[nH]c2n1. The van der Waals surface area contributed by atoms with E-state index in [2.05, 4.69) is 30.6 Å². The van der Waals surface area contributed by atoms with Gasteiger partial charge in [0.2, 0.25) is 17.8 Å². The van der Waals surface area contributed by atoms with E-state index in [-0.39, 0.29) is 23.7 Å². The number of hydrogen-bond donors (Lipinski definition) is 3. The summed E-state index contributed by atoms with van der Waals surface area (Å²) in [7, 11) is 1.76. The molecule has 0 atom stereocenters. The minimum atomic E-state index is -0.0323. The molecule has 10 nitrogen and oxygen atoms in total. The van der Waals surface area contributed by atoms with Gasteiger partial charge < -0.3 is 25.4 Å². The normalized spacial score (nSPS) is 15.6. The predicted octanol–water partition coefficient (Wildman–Crippen LogP) is 3.08. The number of halogens is 1. The first-order valence-electron chi connectivity index (χ1n) is 11.0. The molecule has 0 unspecified atom stereocenters. The fraction of sp³-hybridized carbons (Fsp3) is 0.500. The molecular formula is C22H31ClN8O2. The van der Waals surface area contributed by atoms with E-state index in [4.69, 9.17) is 11.6 Å². The number of aromatic amines is 1. The van der Waals surface area contributed by atoms with E-state index in [1.165, 1.54) is 0 Å². The van der Waals surface area contributed by atoms with Crippen LogP contribution in [0.1, 0.15) is 40.0 Å². The molecule has 0 aliphatic carbocycles. The maximum Gasteiger partial charge on any atom is 0.237 e. The van der Waals surface area contributed by atoms with Gasteiger partial charge in [0.15, 0.2) is 11.5 Å². The van der Waals surface area contributed by atoms with Gasteiger partial charge in [-0.05, 0) is 38.8 Å². The zero-order valence-electron chi connectivity index (χ0n) is 19.5. The number of piperidine rings is 1. The van der Waals surface area contributed by atoms with Crippen LogP contribution in [0.4, 0.5) is 11.8 Å². The van der Waals surface area contributed by atoms with E-state index in [0.29, 0.717) is 42.4 Å². The van der Waals surface area contributed by atoms with Crippen molar-refractivity contribution < 1.29 is 9.59 Å². The second-order valence-corrected chi connectivity index (χ2v) is 8.28. The molecule has 1 aliphatic rings. The summed E-state index contributed by atoms with van der Waals surface area (Å²) in [5.74, 6) is 1.11. The summed E-state index contributed by atoms with van der Waals surface area (Å²) in [5.41, 5.74) is 2.95. The van der Waals surface area contributed by atoms with Gasteiger partial charge in [-0.15, -0.1) is 11.6 Å². The molecule has 0 spiro atoms. The molecule has 2 aromatic rings. The van der Waals surface area contributed by atoms with Crippen LogP contribution in [0.2, 0.25) is 0 Å². The zero-order chi connectivity index (χ0) is 24.0. The Morgan fingerprint density at radius 1 is 1.27 bits per heavy atom. The minimum Gasteiger partial charge on any atom is -0.365 e. The van der Waals surface area contributed by atoms with E-state index in [1.54, 1.807) is 23.2 Å². The van der Waals surface area contributed by atoms with Gasteiger partial charge in [-0.3, -0.25) is 9.59 Å². The van der Waals surface area contributed by atoms with Crippen LogP contribution in [0.3, 0.4) is 0 Å². The molecule has 2 aromatic heterocycles. The van der Waals surface area contributed by atoms with Crippen LogP contribution in [-0.4, -0.2) is 73.6 Å². The Morgan fingerprint density at radius 3 is 2.67 bits per heavy atom. The van der Waals surface area contributed by atoms with E-state index in [9.17, 15) is 9.59 Å². The van der Waals surface area contributed by atoms with Crippen LogP contribution in [0.25, 0.3) is 11.2 Å². The number of imidazole rings is 1. The molecule has 0 aromatic carbocycles. The molecule has 3 N–H and O–H groups in total. The Balaban J connectivity index is 1.71. The highest BCUT2D eigenvalue weighted by Crippen LogP contribution is 2.23. The number of carbonyl (C=O) groups excluding carboxylic acids is 2. The molecule has 2 amide bonds. The van der Waals surface area contributed by atoms with Crippen molar-refractivity contribution in [2.24, 2.45) is 0 Å². The largest absolute Gasteiger partial charge is 0.365 e. The fourth-order valence-corrected chi connectivity index (χ4v) is 3.72. The molecule has 1 fully saturated rings. The molecule has 0 radical (unpaired) electrons. The Morgan fingerprint density at radius 2 is 2.00 bits per heavy atom. The van der Waals surface area contributed by atoms with Crippen molar-refractivity contribution in [3.8, 4) is 0 Å². The lowest BCUT2D eigenvalue weighted by Gasteiger charge is -2.32. The molecule has 33 heavy (non-hydrogen) atoms. The van der Waals surface area contributed by atoms with Crippen LogP contribution in [-0.2, 0) is 9.59 Å². The van der Waals surface area contributed by atoms with Gasteiger partial charge in [-0.2, -0.15) is 9.97 Å². The quantitative estimate of drug-likeness (QED) is 0.397. The molecule has 0 bridgehead atoms. The summed E-state index contributed by atoms with van der Waals surface area (Å²) in [6.07, 6.45) is 7.40. The van der Waals surface area contributed by atoms with Crippen LogP contribution >= 0.6 is 11.6 Å². The van der Waals surface area contributed by atoms with Gasteiger partial charge in [0.1, 0.15) is 11.4 Å². The maximum absolute atomic E-state index is 11.8. The number of nitrogens with zero attached hydrogens (tertiary/aromatic N) is 5. The van der Waals surface area contributed by atoms with Crippen molar-refractivity contribution in [1.82, 2.24) is 29.7 Å². The number of alkyl halides is 1. The monoisotopic (exact) mass is 474 g/mol. The second-order valence-electron chi connectivity index (χ2n) is 8.02. The highest BCUT2D eigenvalue weighted by atomic mass is 35.5. The Bertz CT molecular complexity index is 1060. The van der Waals surface area contributed by atoms with Crippen LogP contribution < -0.4 is 10.6 Å². The summed E-state index contributed by atoms with van der Waals surface area (Å²) in [5, 5.41) is 6.67. The third-order valence-corrected chi connectivity index (χ3v) is 5.90. The third-order valence-electron chi connectivity index (χ3n) is 5.67. The molecular weight excluding hydrogens is 444 g/mol. The average molecular weight is 475 g/mol. The van der Waals surface area contributed by atoms with Crippen molar-refractivity contribution in [2.45, 2.75) is 46.1 Å². The third kappa shape index (κ3) is 6.22. The number of amides is 2. The Kier molecular flexibility index (Phi) is 8.26. The summed E-state index contributed by atoms with van der Waals surface area (Å²) < 4.78 is 0. The molecule has 3 heterocycles. The van der Waals surface area contributed by atoms with E-state index >= 15 is 0 Å². The van der Waals surface area contributed by atoms with Gasteiger partial charge in [-0.25, -0.2) is 4.98 Å². The number of anilines is 2. The zero-order valence-corrected chi connectivity index (χ0v) is 20.2.